The van der Waals surface area contributed by atoms with E-state index >= 15 is 0 Å². The molecule has 1 aromatic rings. The van der Waals surface area contributed by atoms with Crippen molar-refractivity contribution in [3.8, 4) is 5.40 Å². The van der Waals surface area contributed by atoms with Gasteiger partial charge >= 0.3 is 5.97 Å². The minimum Gasteiger partial charge on any atom is -0.455 e. The molecule has 2 rings (SSSR count). The number of thioether (sulfide) groups is 1. The van der Waals surface area contributed by atoms with Crippen molar-refractivity contribution in [2.24, 2.45) is 5.92 Å². The van der Waals surface area contributed by atoms with E-state index < -0.39 is 0 Å². The first-order chi connectivity index (χ1) is 9.60. The second-order valence-electron chi connectivity index (χ2n) is 4.27. The molecular formula is C13H11BrN2O3S. The second-order valence-corrected chi connectivity index (χ2v) is 5.98. The van der Waals surface area contributed by atoms with Gasteiger partial charge in [-0.2, -0.15) is 5.26 Å². The van der Waals surface area contributed by atoms with Gasteiger partial charge in [0.1, 0.15) is 5.40 Å². The fourth-order valence-corrected chi connectivity index (χ4v) is 2.52. The topological polar surface area (TPSA) is 79.2 Å². The van der Waals surface area contributed by atoms with Crippen molar-refractivity contribution in [1.29, 1.82) is 5.26 Å². The van der Waals surface area contributed by atoms with E-state index in [9.17, 15) is 9.59 Å². The maximum Gasteiger partial charge on any atom is 0.309 e. The van der Waals surface area contributed by atoms with Gasteiger partial charge in [0.15, 0.2) is 6.61 Å². The van der Waals surface area contributed by atoms with Gasteiger partial charge < -0.3 is 10.1 Å². The molecule has 5 nitrogen and oxygen atoms in total. The summed E-state index contributed by atoms with van der Waals surface area (Å²) in [6.45, 7) is -0.281. The Balaban J connectivity index is 1.87. The molecular weight excluding hydrogens is 344 g/mol. The number of hydrogen-bond acceptors (Lipinski definition) is 5. The van der Waals surface area contributed by atoms with Crippen LogP contribution < -0.4 is 5.32 Å². The van der Waals surface area contributed by atoms with E-state index in [-0.39, 0.29) is 24.4 Å². The fraction of sp³-hybridized carbons (Fsp3) is 0.308. The zero-order chi connectivity index (χ0) is 14.5. The van der Waals surface area contributed by atoms with E-state index in [0.717, 1.165) is 29.5 Å². The number of amides is 1. The van der Waals surface area contributed by atoms with E-state index in [1.54, 1.807) is 18.2 Å². The third kappa shape index (κ3) is 4.25. The molecule has 1 aromatic carbocycles. The normalized spacial score (nSPS) is 13.4. The summed E-state index contributed by atoms with van der Waals surface area (Å²) in [6.07, 6.45) is 1.70. The highest BCUT2D eigenvalue weighted by molar-refractivity contribution is 9.10. The highest BCUT2D eigenvalue weighted by Crippen LogP contribution is 2.30. The molecule has 0 saturated heterocycles. The minimum atomic E-state index is -0.389. The average Bonchev–Trinajstić information content (AvgIpc) is 3.24. The van der Waals surface area contributed by atoms with Crippen LogP contribution >= 0.6 is 27.7 Å². The monoisotopic (exact) mass is 354 g/mol. The number of halogens is 1. The standard InChI is InChI=1S/C13H11BrN2O3S/c14-10-5-9(20-7-15)3-4-11(10)16-12(17)6-19-13(18)8-1-2-8/h3-5,8H,1-2,6H2,(H,16,17). The van der Waals surface area contributed by atoms with Crippen LogP contribution in [0.1, 0.15) is 12.8 Å². The van der Waals surface area contributed by atoms with E-state index in [4.69, 9.17) is 10.00 Å². The first-order valence-electron chi connectivity index (χ1n) is 5.92. The van der Waals surface area contributed by atoms with Crippen LogP contribution in [0.4, 0.5) is 5.69 Å². The van der Waals surface area contributed by atoms with Crippen molar-refractivity contribution in [3.63, 3.8) is 0 Å². The molecule has 1 amide bonds. The summed E-state index contributed by atoms with van der Waals surface area (Å²) in [5.41, 5.74) is 0.569. The van der Waals surface area contributed by atoms with Crippen LogP contribution in [0.3, 0.4) is 0 Å². The Morgan fingerprint density at radius 2 is 2.25 bits per heavy atom. The molecule has 0 aromatic heterocycles. The number of hydrogen-bond donors (Lipinski definition) is 1. The Kier molecular flexibility index (Phi) is 5.04. The Morgan fingerprint density at radius 3 is 2.85 bits per heavy atom. The zero-order valence-corrected chi connectivity index (χ0v) is 12.8. The molecule has 7 heteroatoms. The highest BCUT2D eigenvalue weighted by Gasteiger charge is 2.31. The predicted octanol–water partition coefficient (Wildman–Crippen LogP) is 2.91. The number of thiocyanates is 1. The smallest absolute Gasteiger partial charge is 0.309 e. The molecule has 1 aliphatic carbocycles. The number of benzene rings is 1. The molecule has 0 radical (unpaired) electrons. The van der Waals surface area contributed by atoms with Gasteiger partial charge in [-0.3, -0.25) is 9.59 Å². The largest absolute Gasteiger partial charge is 0.455 e. The number of nitrogens with zero attached hydrogens (tertiary/aromatic N) is 1. The van der Waals surface area contributed by atoms with Crippen LogP contribution in [-0.2, 0) is 14.3 Å². The Bertz CT molecular complexity index is 581. The third-order valence-electron chi connectivity index (χ3n) is 2.63. The summed E-state index contributed by atoms with van der Waals surface area (Å²) in [5.74, 6) is -0.711. The van der Waals surface area contributed by atoms with Gasteiger partial charge in [0, 0.05) is 9.37 Å². The van der Waals surface area contributed by atoms with Gasteiger partial charge in [0.05, 0.1) is 11.6 Å². The molecule has 1 aliphatic rings. The number of anilines is 1. The maximum atomic E-state index is 11.7. The summed E-state index contributed by atoms with van der Waals surface area (Å²) < 4.78 is 5.55. The second kappa shape index (κ2) is 6.77. The van der Waals surface area contributed by atoms with E-state index in [0.29, 0.717) is 10.2 Å². The third-order valence-corrected chi connectivity index (χ3v) is 3.87. The molecule has 0 spiro atoms. The SMILES string of the molecule is N#CSc1ccc(NC(=O)COC(=O)C2CC2)c(Br)c1. The lowest BCUT2D eigenvalue weighted by Gasteiger charge is -2.08. The zero-order valence-electron chi connectivity index (χ0n) is 10.4. The highest BCUT2D eigenvalue weighted by atomic mass is 79.9. The van der Waals surface area contributed by atoms with Crippen molar-refractivity contribution >= 4 is 45.3 Å². The summed E-state index contributed by atoms with van der Waals surface area (Å²) in [4.78, 5) is 23.7. The first kappa shape index (κ1) is 14.9. The van der Waals surface area contributed by atoms with Crippen LogP contribution in [-0.4, -0.2) is 18.5 Å². The van der Waals surface area contributed by atoms with Crippen LogP contribution in [0.15, 0.2) is 27.6 Å². The summed E-state index contributed by atoms with van der Waals surface area (Å²) in [5, 5.41) is 13.2. The van der Waals surface area contributed by atoms with Crippen molar-refractivity contribution in [3.05, 3.63) is 22.7 Å². The Labute approximate surface area is 128 Å². The molecule has 1 fully saturated rings. The van der Waals surface area contributed by atoms with E-state index in [1.807, 2.05) is 5.40 Å². The molecule has 0 heterocycles. The van der Waals surface area contributed by atoms with E-state index in [1.165, 1.54) is 0 Å². The van der Waals surface area contributed by atoms with E-state index in [2.05, 4.69) is 21.2 Å². The lowest BCUT2D eigenvalue weighted by molar-refractivity contribution is -0.148. The molecule has 104 valence electrons. The number of carbonyl (C=O) groups excluding carboxylic acids is 2. The number of carbonyl (C=O) groups is 2. The lowest BCUT2D eigenvalue weighted by Crippen LogP contribution is -2.21. The molecule has 0 bridgehead atoms. The van der Waals surface area contributed by atoms with Crippen molar-refractivity contribution < 1.29 is 14.3 Å². The number of nitrogens with one attached hydrogen (secondary N) is 1. The summed E-state index contributed by atoms with van der Waals surface area (Å²) >= 11 is 4.35. The number of nitriles is 1. The number of rotatable bonds is 5. The molecule has 1 N–H and O–H groups in total. The van der Waals surface area contributed by atoms with Crippen molar-refractivity contribution in [1.82, 2.24) is 0 Å². The van der Waals surface area contributed by atoms with Crippen molar-refractivity contribution in [2.45, 2.75) is 17.7 Å². The maximum absolute atomic E-state index is 11.7. The van der Waals surface area contributed by atoms with Crippen LogP contribution in [0.5, 0.6) is 0 Å². The van der Waals surface area contributed by atoms with Gasteiger partial charge in [-0.15, -0.1) is 0 Å². The molecule has 0 atom stereocenters. The Hall–Kier alpha value is -1.52. The summed E-state index contributed by atoms with van der Waals surface area (Å²) in [6, 6.07) is 5.15. The quantitative estimate of drug-likeness (QED) is 0.499. The first-order valence-corrected chi connectivity index (χ1v) is 7.53. The molecule has 0 unspecified atom stereocenters. The van der Waals surface area contributed by atoms with Gasteiger partial charge in [0.25, 0.3) is 5.91 Å². The molecule has 1 saturated carbocycles. The minimum absolute atomic E-state index is 0.0168. The number of ether oxygens (including phenoxy) is 1. The van der Waals surface area contributed by atoms with Crippen molar-refractivity contribution in [2.75, 3.05) is 11.9 Å². The lowest BCUT2D eigenvalue weighted by atomic mass is 10.3. The molecule has 0 aliphatic heterocycles. The van der Waals surface area contributed by atoms with Crippen LogP contribution in [0.2, 0.25) is 0 Å². The van der Waals surface area contributed by atoms with Gasteiger partial charge in [-0.05, 0) is 58.7 Å². The average molecular weight is 355 g/mol. The van der Waals surface area contributed by atoms with Gasteiger partial charge in [-0.1, -0.05) is 0 Å². The van der Waals surface area contributed by atoms with Crippen LogP contribution in [0.25, 0.3) is 0 Å². The summed E-state index contributed by atoms with van der Waals surface area (Å²) in [7, 11) is 0. The van der Waals surface area contributed by atoms with Gasteiger partial charge in [0.2, 0.25) is 0 Å². The van der Waals surface area contributed by atoms with Crippen LogP contribution in [0, 0.1) is 16.6 Å². The van der Waals surface area contributed by atoms with Gasteiger partial charge in [-0.25, -0.2) is 0 Å². The fourth-order valence-electron chi connectivity index (χ4n) is 1.47. The molecule has 20 heavy (non-hydrogen) atoms. The predicted molar refractivity (Wildman–Crippen MR) is 77.9 cm³/mol. The number of esters is 1. The Morgan fingerprint density at radius 1 is 1.50 bits per heavy atom.